The molecule has 0 aliphatic carbocycles. The first kappa shape index (κ1) is 18.8. The van der Waals surface area contributed by atoms with Crippen LogP contribution in [-0.2, 0) is 11.2 Å². The SMILES string of the molecule is O=C(Cc1nnc(NC(=O)c2ccc([N+](=O)[O-])cc2)s1)NN=Cc1ccco1. The molecule has 0 aliphatic rings. The Balaban J connectivity index is 1.52. The molecule has 2 heterocycles. The van der Waals surface area contributed by atoms with Crippen LogP contribution in [0.3, 0.4) is 0 Å². The standard InChI is InChI=1S/C16H12N6O5S/c23-13(19-17-9-12-2-1-7-27-12)8-14-20-21-16(28-14)18-15(24)10-3-5-11(6-4-10)22(25)26/h1-7,9H,8H2,(H,19,23)(H,18,21,24). The number of aromatic nitrogens is 2. The highest BCUT2D eigenvalue weighted by atomic mass is 32.1. The number of amides is 2. The van der Waals surface area contributed by atoms with E-state index in [1.807, 2.05) is 0 Å². The van der Waals surface area contributed by atoms with Crippen LogP contribution in [0.4, 0.5) is 10.8 Å². The summed E-state index contributed by atoms with van der Waals surface area (Å²) in [5, 5.41) is 25.1. The van der Waals surface area contributed by atoms with Crippen molar-refractivity contribution >= 4 is 40.2 Å². The molecule has 1 aromatic carbocycles. The number of non-ortho nitro benzene ring substituents is 1. The maximum Gasteiger partial charge on any atom is 0.269 e. The van der Waals surface area contributed by atoms with Gasteiger partial charge in [0.05, 0.1) is 23.8 Å². The Morgan fingerprint density at radius 3 is 2.71 bits per heavy atom. The van der Waals surface area contributed by atoms with Crippen LogP contribution in [0.5, 0.6) is 0 Å². The normalized spacial score (nSPS) is 10.7. The Bertz CT molecular complexity index is 1010. The molecule has 0 aliphatic heterocycles. The molecule has 0 radical (unpaired) electrons. The van der Waals surface area contributed by atoms with Crippen molar-refractivity contribution in [1.82, 2.24) is 15.6 Å². The molecule has 0 atom stereocenters. The predicted octanol–water partition coefficient (Wildman–Crippen LogP) is 1.98. The minimum absolute atomic E-state index is 0.0689. The van der Waals surface area contributed by atoms with Crippen molar-refractivity contribution in [2.75, 3.05) is 5.32 Å². The molecule has 0 spiro atoms. The van der Waals surface area contributed by atoms with Crippen LogP contribution in [0.25, 0.3) is 0 Å². The molecule has 12 heteroatoms. The Morgan fingerprint density at radius 2 is 2.04 bits per heavy atom. The summed E-state index contributed by atoms with van der Waals surface area (Å²) < 4.78 is 5.03. The first-order chi connectivity index (χ1) is 13.5. The van der Waals surface area contributed by atoms with Gasteiger partial charge in [-0.15, -0.1) is 10.2 Å². The van der Waals surface area contributed by atoms with Gasteiger partial charge < -0.3 is 4.42 Å². The molecular formula is C16H12N6O5S. The van der Waals surface area contributed by atoms with Gasteiger partial charge in [-0.2, -0.15) is 5.10 Å². The Kier molecular flexibility index (Phi) is 5.81. The fourth-order valence-electron chi connectivity index (χ4n) is 1.99. The number of hydrogen-bond donors (Lipinski definition) is 2. The van der Waals surface area contributed by atoms with Crippen LogP contribution in [0.1, 0.15) is 21.1 Å². The van der Waals surface area contributed by atoms with E-state index in [0.29, 0.717) is 10.8 Å². The molecule has 0 saturated heterocycles. The average molecular weight is 400 g/mol. The van der Waals surface area contributed by atoms with E-state index in [4.69, 9.17) is 4.42 Å². The van der Waals surface area contributed by atoms with E-state index in [1.54, 1.807) is 12.1 Å². The number of anilines is 1. The van der Waals surface area contributed by atoms with E-state index < -0.39 is 16.7 Å². The third-order valence-electron chi connectivity index (χ3n) is 3.26. The van der Waals surface area contributed by atoms with Crippen molar-refractivity contribution in [2.45, 2.75) is 6.42 Å². The molecule has 11 nitrogen and oxygen atoms in total. The highest BCUT2D eigenvalue weighted by Crippen LogP contribution is 2.18. The molecule has 142 valence electrons. The quantitative estimate of drug-likeness (QED) is 0.349. The molecular weight excluding hydrogens is 388 g/mol. The number of benzene rings is 1. The lowest BCUT2D eigenvalue weighted by molar-refractivity contribution is -0.384. The highest BCUT2D eigenvalue weighted by molar-refractivity contribution is 7.15. The van der Waals surface area contributed by atoms with E-state index >= 15 is 0 Å². The lowest BCUT2D eigenvalue weighted by Gasteiger charge is -2.00. The molecule has 2 N–H and O–H groups in total. The molecule has 2 aromatic heterocycles. The molecule has 0 bridgehead atoms. The van der Waals surface area contributed by atoms with Crippen LogP contribution in [0, 0.1) is 10.1 Å². The summed E-state index contributed by atoms with van der Waals surface area (Å²) in [5.74, 6) is -0.412. The van der Waals surface area contributed by atoms with Crippen LogP contribution in [0.15, 0.2) is 52.2 Å². The van der Waals surface area contributed by atoms with Crippen molar-refractivity contribution in [1.29, 1.82) is 0 Å². The van der Waals surface area contributed by atoms with Gasteiger partial charge in [0.2, 0.25) is 11.0 Å². The van der Waals surface area contributed by atoms with Crippen molar-refractivity contribution in [3.05, 3.63) is 69.1 Å². The zero-order chi connectivity index (χ0) is 19.9. The van der Waals surface area contributed by atoms with Gasteiger partial charge in [0, 0.05) is 17.7 Å². The molecule has 0 unspecified atom stereocenters. The van der Waals surface area contributed by atoms with Crippen LogP contribution >= 0.6 is 11.3 Å². The number of nitrogens with one attached hydrogen (secondary N) is 2. The van der Waals surface area contributed by atoms with Crippen LogP contribution in [-0.4, -0.2) is 33.1 Å². The number of hydrazone groups is 1. The lowest BCUT2D eigenvalue weighted by Crippen LogP contribution is -2.19. The molecule has 3 aromatic rings. The molecule has 2 amide bonds. The van der Waals surface area contributed by atoms with E-state index in [9.17, 15) is 19.7 Å². The van der Waals surface area contributed by atoms with Gasteiger partial charge in [0.1, 0.15) is 10.8 Å². The number of carbonyl (C=O) groups is 2. The number of furan rings is 1. The Labute approximate surface area is 161 Å². The zero-order valence-electron chi connectivity index (χ0n) is 14.1. The fourth-order valence-corrected chi connectivity index (χ4v) is 2.72. The second-order valence-electron chi connectivity index (χ2n) is 5.24. The van der Waals surface area contributed by atoms with E-state index in [-0.39, 0.29) is 22.8 Å². The van der Waals surface area contributed by atoms with Gasteiger partial charge in [-0.3, -0.25) is 25.0 Å². The Morgan fingerprint density at radius 1 is 1.25 bits per heavy atom. The number of nitro benzene ring substituents is 1. The maximum atomic E-state index is 12.1. The van der Waals surface area contributed by atoms with Gasteiger partial charge in [0.15, 0.2) is 0 Å². The summed E-state index contributed by atoms with van der Waals surface area (Å²) in [6, 6.07) is 8.50. The van der Waals surface area contributed by atoms with Gasteiger partial charge in [-0.25, -0.2) is 5.43 Å². The summed E-state index contributed by atoms with van der Waals surface area (Å²) in [7, 11) is 0. The minimum atomic E-state index is -0.553. The first-order valence-electron chi connectivity index (χ1n) is 7.75. The highest BCUT2D eigenvalue weighted by Gasteiger charge is 2.13. The Hall–Kier alpha value is -3.93. The topological polar surface area (TPSA) is 153 Å². The number of nitro groups is 1. The third-order valence-corrected chi connectivity index (χ3v) is 4.10. The lowest BCUT2D eigenvalue weighted by atomic mass is 10.2. The van der Waals surface area contributed by atoms with Crippen molar-refractivity contribution in [3.8, 4) is 0 Å². The summed E-state index contributed by atoms with van der Waals surface area (Å²) in [6.45, 7) is 0. The fraction of sp³-hybridized carbons (Fsp3) is 0.0625. The van der Waals surface area contributed by atoms with Gasteiger partial charge in [-0.05, 0) is 24.3 Å². The van der Waals surface area contributed by atoms with E-state index in [0.717, 1.165) is 11.3 Å². The minimum Gasteiger partial charge on any atom is -0.463 e. The molecule has 0 fully saturated rings. The average Bonchev–Trinajstić information content (AvgIpc) is 3.34. The number of nitrogens with zero attached hydrogens (tertiary/aromatic N) is 4. The number of rotatable bonds is 7. The first-order valence-corrected chi connectivity index (χ1v) is 8.56. The molecule has 28 heavy (non-hydrogen) atoms. The van der Waals surface area contributed by atoms with Gasteiger partial charge in [0.25, 0.3) is 11.6 Å². The van der Waals surface area contributed by atoms with Crippen LogP contribution < -0.4 is 10.7 Å². The van der Waals surface area contributed by atoms with Crippen LogP contribution in [0.2, 0.25) is 0 Å². The second-order valence-corrected chi connectivity index (χ2v) is 6.31. The largest absolute Gasteiger partial charge is 0.463 e. The third kappa shape index (κ3) is 5.04. The predicted molar refractivity (Wildman–Crippen MR) is 99.1 cm³/mol. The zero-order valence-corrected chi connectivity index (χ0v) is 14.9. The monoisotopic (exact) mass is 400 g/mol. The second kappa shape index (κ2) is 8.64. The van der Waals surface area contributed by atoms with Crippen molar-refractivity contribution in [2.24, 2.45) is 5.10 Å². The summed E-state index contributed by atoms with van der Waals surface area (Å²) >= 11 is 1.03. The smallest absolute Gasteiger partial charge is 0.269 e. The number of carbonyl (C=O) groups excluding carboxylic acids is 2. The summed E-state index contributed by atoms with van der Waals surface area (Å²) in [4.78, 5) is 34.0. The summed E-state index contributed by atoms with van der Waals surface area (Å²) in [5.41, 5.74) is 2.44. The molecule has 0 saturated carbocycles. The van der Waals surface area contributed by atoms with Gasteiger partial charge in [-0.1, -0.05) is 11.3 Å². The van der Waals surface area contributed by atoms with Gasteiger partial charge >= 0.3 is 0 Å². The van der Waals surface area contributed by atoms with Crippen molar-refractivity contribution in [3.63, 3.8) is 0 Å². The van der Waals surface area contributed by atoms with E-state index in [2.05, 4.69) is 26.0 Å². The summed E-state index contributed by atoms with van der Waals surface area (Å²) in [6.07, 6.45) is 2.77. The maximum absolute atomic E-state index is 12.1. The molecule has 3 rings (SSSR count). The van der Waals surface area contributed by atoms with E-state index in [1.165, 1.54) is 36.7 Å². The van der Waals surface area contributed by atoms with Crippen molar-refractivity contribution < 1.29 is 18.9 Å². The number of hydrogen-bond acceptors (Lipinski definition) is 9.